The molecular formula is C23H45N5O12. The van der Waals surface area contributed by atoms with Gasteiger partial charge in [0.15, 0.2) is 12.6 Å². The number of nitrogens with one attached hydrogen (secondary N) is 1. The van der Waals surface area contributed by atoms with Crippen LogP contribution in [0.1, 0.15) is 26.7 Å². The van der Waals surface area contributed by atoms with Crippen LogP contribution in [-0.2, 0) is 23.7 Å². The molecule has 2 aliphatic heterocycles. The van der Waals surface area contributed by atoms with Crippen LogP contribution in [-0.4, -0.2) is 152 Å². The Bertz CT molecular complexity index is 829. The summed E-state index contributed by atoms with van der Waals surface area (Å²) < 4.78 is 23.1. The first-order valence-electron chi connectivity index (χ1n) is 13.3. The number of nitrogens with two attached hydrogens (primary N) is 4. The molecule has 234 valence electrons. The molecule has 5 unspecified atom stereocenters. The number of carbonyl (C=O) groups is 1. The lowest BCUT2D eigenvalue weighted by Crippen LogP contribution is -2.69. The Morgan fingerprint density at radius 3 is 2.02 bits per heavy atom. The lowest BCUT2D eigenvalue weighted by Gasteiger charge is -2.48. The summed E-state index contributed by atoms with van der Waals surface area (Å²) in [5.41, 5.74) is 23.7. The molecular weight excluding hydrogens is 538 g/mol. The molecule has 40 heavy (non-hydrogen) atoms. The van der Waals surface area contributed by atoms with Crippen molar-refractivity contribution in [2.24, 2.45) is 22.9 Å². The fourth-order valence-electron chi connectivity index (χ4n) is 5.24. The molecule has 3 aliphatic rings. The summed E-state index contributed by atoms with van der Waals surface area (Å²) in [5, 5.41) is 75.4. The van der Waals surface area contributed by atoms with E-state index < -0.39 is 110 Å². The maximum Gasteiger partial charge on any atom is 0.249 e. The Balaban J connectivity index is 1.86. The largest absolute Gasteiger partial charge is 0.391 e. The number of hydrogen-bond acceptors (Lipinski definition) is 16. The third-order valence-corrected chi connectivity index (χ3v) is 7.61. The van der Waals surface area contributed by atoms with Gasteiger partial charge in [-0.2, -0.15) is 0 Å². The van der Waals surface area contributed by atoms with Gasteiger partial charge in [-0.15, -0.1) is 0 Å². The van der Waals surface area contributed by atoms with Crippen molar-refractivity contribution in [3.05, 3.63) is 0 Å². The smallest absolute Gasteiger partial charge is 0.249 e. The molecule has 2 heterocycles. The normalized spacial score (nSPS) is 46.5. The summed E-state index contributed by atoms with van der Waals surface area (Å²) in [4.78, 5) is 12.5. The molecule has 0 aromatic heterocycles. The highest BCUT2D eigenvalue weighted by molar-refractivity contribution is 5.80. The summed E-state index contributed by atoms with van der Waals surface area (Å²) in [6.45, 7) is 2.93. The first-order chi connectivity index (χ1) is 18.7. The average Bonchev–Trinajstić information content (AvgIpc) is 3.17. The predicted octanol–water partition coefficient (Wildman–Crippen LogP) is -7.01. The topological polar surface area (TPSA) is 312 Å². The fourth-order valence-corrected chi connectivity index (χ4v) is 5.24. The van der Waals surface area contributed by atoms with Crippen molar-refractivity contribution >= 4 is 5.91 Å². The summed E-state index contributed by atoms with van der Waals surface area (Å²) in [7, 11) is 0. The third-order valence-electron chi connectivity index (χ3n) is 7.61. The van der Waals surface area contributed by atoms with Crippen molar-refractivity contribution < 1.29 is 59.5 Å². The fraction of sp³-hybridized carbons (Fsp3) is 0.957. The van der Waals surface area contributed by atoms with Crippen LogP contribution in [0.5, 0.6) is 0 Å². The van der Waals surface area contributed by atoms with Crippen molar-refractivity contribution in [3.8, 4) is 0 Å². The van der Waals surface area contributed by atoms with E-state index in [0.29, 0.717) is 0 Å². The van der Waals surface area contributed by atoms with Crippen LogP contribution in [0.4, 0.5) is 0 Å². The number of rotatable bonds is 10. The van der Waals surface area contributed by atoms with E-state index in [9.17, 15) is 40.5 Å². The van der Waals surface area contributed by atoms with Gasteiger partial charge < -0.3 is 82.9 Å². The number of amides is 1. The van der Waals surface area contributed by atoms with Crippen LogP contribution in [0.3, 0.4) is 0 Å². The van der Waals surface area contributed by atoms with Gasteiger partial charge in [-0.25, -0.2) is 0 Å². The van der Waals surface area contributed by atoms with Gasteiger partial charge in [-0.3, -0.25) is 4.79 Å². The lowest BCUT2D eigenvalue weighted by molar-refractivity contribution is -0.315. The van der Waals surface area contributed by atoms with Crippen molar-refractivity contribution in [2.75, 3.05) is 6.54 Å². The van der Waals surface area contributed by atoms with Crippen LogP contribution in [0.25, 0.3) is 0 Å². The van der Waals surface area contributed by atoms with E-state index >= 15 is 0 Å². The van der Waals surface area contributed by atoms with E-state index in [0.717, 1.165) is 0 Å². The minimum Gasteiger partial charge on any atom is -0.391 e. The van der Waals surface area contributed by atoms with Crippen LogP contribution >= 0.6 is 0 Å². The standard InChI is InChI=1S/C23H45N5O12/c1-6(25)17-15(34)16(35)23(37-17)40-20-12(31)9(28-21(36)10(30)3-4-24)5-8(26)19(20)39-22-11(27)13(32)14(33)18(38-22)7(2)29/h6-20,22-23,29-35H,3-5,24-27H2,1-2H3,(H,28,36)/t6-,7-,8?,9-,10+,11?,12-,13-,14+,15?,16+,17-,18?,19-,20?,22-,23+/m1/s1. The van der Waals surface area contributed by atoms with Gasteiger partial charge in [0.25, 0.3) is 0 Å². The molecule has 2 saturated heterocycles. The van der Waals surface area contributed by atoms with E-state index in [1.807, 2.05) is 0 Å². The molecule has 0 bridgehead atoms. The Hall–Kier alpha value is -1.13. The predicted molar refractivity (Wildman–Crippen MR) is 135 cm³/mol. The highest BCUT2D eigenvalue weighted by Gasteiger charge is 2.53. The molecule has 1 aliphatic carbocycles. The van der Waals surface area contributed by atoms with E-state index in [-0.39, 0.29) is 19.4 Å². The first kappa shape index (κ1) is 33.4. The number of ether oxygens (including phenoxy) is 4. The highest BCUT2D eigenvalue weighted by Crippen LogP contribution is 2.33. The van der Waals surface area contributed by atoms with Gasteiger partial charge >= 0.3 is 0 Å². The molecule has 1 amide bonds. The quantitative estimate of drug-likeness (QED) is 0.114. The van der Waals surface area contributed by atoms with Crippen molar-refractivity contribution in [1.82, 2.24) is 5.32 Å². The molecule has 0 aromatic rings. The maximum atomic E-state index is 12.5. The van der Waals surface area contributed by atoms with Crippen molar-refractivity contribution in [2.45, 2.75) is 131 Å². The van der Waals surface area contributed by atoms with E-state index in [4.69, 9.17) is 41.9 Å². The average molecular weight is 584 g/mol. The monoisotopic (exact) mass is 583 g/mol. The number of aliphatic hydroxyl groups excluding tert-OH is 7. The van der Waals surface area contributed by atoms with Gasteiger partial charge in [0.2, 0.25) is 5.91 Å². The van der Waals surface area contributed by atoms with Crippen LogP contribution in [0.15, 0.2) is 0 Å². The zero-order valence-corrected chi connectivity index (χ0v) is 22.4. The molecule has 17 nitrogen and oxygen atoms in total. The third kappa shape index (κ3) is 7.08. The summed E-state index contributed by atoms with van der Waals surface area (Å²) in [6, 6.07) is -4.07. The highest BCUT2D eigenvalue weighted by atomic mass is 16.7. The zero-order chi connectivity index (χ0) is 30.0. The molecule has 0 aromatic carbocycles. The lowest BCUT2D eigenvalue weighted by atomic mass is 9.83. The minimum absolute atomic E-state index is 0.0272. The Morgan fingerprint density at radius 1 is 0.900 bits per heavy atom. The molecule has 16 N–H and O–H groups in total. The Kier molecular flexibility index (Phi) is 11.6. The second kappa shape index (κ2) is 13.9. The summed E-state index contributed by atoms with van der Waals surface area (Å²) in [5.74, 6) is -0.807. The van der Waals surface area contributed by atoms with Crippen LogP contribution < -0.4 is 28.3 Å². The van der Waals surface area contributed by atoms with Gasteiger partial charge in [0.1, 0.15) is 61.0 Å². The molecule has 3 fully saturated rings. The van der Waals surface area contributed by atoms with Crippen LogP contribution in [0, 0.1) is 0 Å². The van der Waals surface area contributed by atoms with E-state index in [2.05, 4.69) is 5.32 Å². The molecule has 0 spiro atoms. The van der Waals surface area contributed by atoms with E-state index in [1.165, 1.54) is 6.92 Å². The summed E-state index contributed by atoms with van der Waals surface area (Å²) >= 11 is 0. The molecule has 17 atom stereocenters. The molecule has 17 heteroatoms. The Labute approximate surface area is 231 Å². The number of aliphatic hydroxyl groups is 7. The first-order valence-corrected chi connectivity index (χ1v) is 13.3. The SMILES string of the molecule is C[C@@H](O)C1O[C@H](O[C@@H]2C(N)C[C@@H](NC(=O)[C@@H](O)CCN)[C@@H](O)C2O[C@@H]2O[C@H]([C@@H](C)N)C(O)[C@@H]2O)C(N)[C@@H](O)[C@@H]1O. The summed E-state index contributed by atoms with van der Waals surface area (Å²) in [6.07, 6.45) is -18.4. The minimum atomic E-state index is -1.58. The molecule has 1 saturated carbocycles. The van der Waals surface area contributed by atoms with Gasteiger partial charge in [0.05, 0.1) is 18.2 Å². The number of hydrogen-bond donors (Lipinski definition) is 12. The van der Waals surface area contributed by atoms with Gasteiger partial charge in [-0.1, -0.05) is 0 Å². The zero-order valence-electron chi connectivity index (χ0n) is 22.4. The second-order valence-corrected chi connectivity index (χ2v) is 10.9. The van der Waals surface area contributed by atoms with Crippen LogP contribution in [0.2, 0.25) is 0 Å². The van der Waals surface area contributed by atoms with E-state index in [1.54, 1.807) is 6.92 Å². The Morgan fingerprint density at radius 2 is 1.48 bits per heavy atom. The van der Waals surface area contributed by atoms with Crippen molar-refractivity contribution in [1.29, 1.82) is 0 Å². The molecule has 3 rings (SSSR count). The van der Waals surface area contributed by atoms with Crippen molar-refractivity contribution in [3.63, 3.8) is 0 Å². The second-order valence-electron chi connectivity index (χ2n) is 10.9. The number of carbonyl (C=O) groups excluding carboxylic acids is 1. The molecule has 0 radical (unpaired) electrons. The van der Waals surface area contributed by atoms with Gasteiger partial charge in [0, 0.05) is 12.1 Å². The van der Waals surface area contributed by atoms with Gasteiger partial charge in [-0.05, 0) is 33.2 Å². The maximum absolute atomic E-state index is 12.5.